The fraction of sp³-hybridized carbons (Fsp3) is 0. The summed E-state index contributed by atoms with van der Waals surface area (Å²) in [7, 11) is 0. The van der Waals surface area contributed by atoms with Gasteiger partial charge in [-0.1, -0.05) is 164 Å². The largest absolute Gasteiger partial charge is 0.311 e. The van der Waals surface area contributed by atoms with Crippen LogP contribution in [0.1, 0.15) is 0 Å². The molecule has 3 nitrogen and oxygen atoms in total. The second kappa shape index (κ2) is 13.4. The van der Waals surface area contributed by atoms with Gasteiger partial charge in [-0.05, 0) is 81.6 Å². The van der Waals surface area contributed by atoms with Crippen molar-refractivity contribution in [1.29, 1.82) is 0 Å². The van der Waals surface area contributed by atoms with Crippen molar-refractivity contribution < 1.29 is 0 Å². The molecule has 0 saturated heterocycles. The molecule has 0 spiro atoms. The van der Waals surface area contributed by atoms with E-state index >= 15 is 0 Å². The van der Waals surface area contributed by atoms with Crippen molar-refractivity contribution in [2.75, 3.05) is 4.90 Å². The number of hydrogen-bond acceptors (Lipinski definition) is 2. The normalized spacial score (nSPS) is 11.3. The first kappa shape index (κ1) is 31.5. The summed E-state index contributed by atoms with van der Waals surface area (Å²) in [4.78, 5) is 7.68. The van der Waals surface area contributed by atoms with Crippen LogP contribution in [0.4, 0.5) is 17.1 Å². The molecule has 0 atom stereocenters. The number of fused-ring (bicyclic) bond motifs is 6. The molecule has 0 radical (unpaired) electrons. The lowest BCUT2D eigenvalue weighted by atomic mass is 9.99. The van der Waals surface area contributed by atoms with Gasteiger partial charge >= 0.3 is 0 Å². The molecule has 254 valence electrons. The molecule has 0 amide bonds. The molecule has 9 aromatic carbocycles. The highest BCUT2D eigenvalue weighted by Crippen LogP contribution is 2.40. The predicted octanol–water partition coefficient (Wildman–Crippen LogP) is 13.8. The molecule has 0 N–H and O–H groups in total. The Morgan fingerprint density at radius 3 is 1.20 bits per heavy atom. The topological polar surface area (TPSA) is 21.1 Å². The summed E-state index contributed by atoms with van der Waals surface area (Å²) >= 11 is 0. The fourth-order valence-electron chi connectivity index (χ4n) is 7.80. The van der Waals surface area contributed by atoms with E-state index in [4.69, 9.17) is 4.98 Å². The Hall–Kier alpha value is -7.23. The predicted molar refractivity (Wildman–Crippen MR) is 227 cm³/mol. The maximum atomic E-state index is 5.40. The molecule has 54 heavy (non-hydrogen) atoms. The number of rotatable bonds is 7. The summed E-state index contributed by atoms with van der Waals surface area (Å²) in [6.07, 6.45) is 0. The number of hydrogen-bond donors (Lipinski definition) is 0. The minimum Gasteiger partial charge on any atom is -0.311 e. The van der Waals surface area contributed by atoms with Crippen LogP contribution in [0.5, 0.6) is 0 Å². The highest BCUT2D eigenvalue weighted by molar-refractivity contribution is 6.24. The minimum atomic E-state index is 0.932. The number of anilines is 3. The summed E-state index contributed by atoms with van der Waals surface area (Å²) < 4.78 is 2.33. The van der Waals surface area contributed by atoms with Crippen molar-refractivity contribution in [3.63, 3.8) is 0 Å². The Kier molecular flexibility index (Phi) is 7.81. The van der Waals surface area contributed by atoms with E-state index in [0.717, 1.165) is 50.6 Å². The maximum absolute atomic E-state index is 5.40. The molecule has 1 aromatic heterocycles. The zero-order valence-electron chi connectivity index (χ0n) is 29.5. The Bertz CT molecular complexity index is 2840. The van der Waals surface area contributed by atoms with Gasteiger partial charge in [0, 0.05) is 39.1 Å². The molecule has 10 aromatic rings. The SMILES string of the molecule is c1ccc(N(c2ccccc2)c2ccc(-c3ccc(-c4ccc(-c5nc6c7ccccc7c7ccccc7c6n5-c5ccccc5)cc4)cc3)cc2)cc1. The van der Waals surface area contributed by atoms with Crippen molar-refractivity contribution >= 4 is 49.6 Å². The van der Waals surface area contributed by atoms with Crippen LogP contribution >= 0.6 is 0 Å². The van der Waals surface area contributed by atoms with Gasteiger partial charge in [-0.3, -0.25) is 4.57 Å². The first-order valence-corrected chi connectivity index (χ1v) is 18.4. The van der Waals surface area contributed by atoms with Crippen LogP contribution in [0.2, 0.25) is 0 Å². The molecule has 0 unspecified atom stereocenters. The molecular formula is C51H35N3. The zero-order valence-corrected chi connectivity index (χ0v) is 29.5. The average Bonchev–Trinajstić information content (AvgIpc) is 3.67. The number of imidazole rings is 1. The van der Waals surface area contributed by atoms with Gasteiger partial charge in [0.2, 0.25) is 0 Å². The van der Waals surface area contributed by atoms with Crippen molar-refractivity contribution in [1.82, 2.24) is 9.55 Å². The van der Waals surface area contributed by atoms with Crippen molar-refractivity contribution in [2.24, 2.45) is 0 Å². The van der Waals surface area contributed by atoms with Crippen molar-refractivity contribution in [3.05, 3.63) is 212 Å². The van der Waals surface area contributed by atoms with E-state index in [-0.39, 0.29) is 0 Å². The second-order valence-electron chi connectivity index (χ2n) is 13.6. The van der Waals surface area contributed by atoms with Crippen LogP contribution in [0.3, 0.4) is 0 Å². The van der Waals surface area contributed by atoms with Gasteiger partial charge in [-0.25, -0.2) is 4.98 Å². The highest BCUT2D eigenvalue weighted by atomic mass is 15.1. The average molecular weight is 690 g/mol. The Balaban J connectivity index is 0.985. The van der Waals surface area contributed by atoms with Crippen LogP contribution in [0, 0.1) is 0 Å². The van der Waals surface area contributed by atoms with Crippen LogP contribution in [0.25, 0.3) is 71.9 Å². The maximum Gasteiger partial charge on any atom is 0.145 e. The fourth-order valence-corrected chi connectivity index (χ4v) is 7.80. The van der Waals surface area contributed by atoms with Gasteiger partial charge in [-0.15, -0.1) is 0 Å². The van der Waals surface area contributed by atoms with Gasteiger partial charge in [0.05, 0.1) is 11.0 Å². The van der Waals surface area contributed by atoms with Gasteiger partial charge in [0.15, 0.2) is 0 Å². The molecule has 0 bridgehead atoms. The molecule has 0 aliphatic carbocycles. The van der Waals surface area contributed by atoms with Crippen LogP contribution in [0.15, 0.2) is 212 Å². The van der Waals surface area contributed by atoms with E-state index in [2.05, 4.69) is 222 Å². The van der Waals surface area contributed by atoms with E-state index in [9.17, 15) is 0 Å². The van der Waals surface area contributed by atoms with Crippen molar-refractivity contribution in [3.8, 4) is 39.3 Å². The summed E-state index contributed by atoms with van der Waals surface area (Å²) in [5.41, 5.74) is 12.4. The van der Waals surface area contributed by atoms with E-state index in [1.54, 1.807) is 0 Å². The van der Waals surface area contributed by atoms with E-state index in [0.29, 0.717) is 0 Å². The lowest BCUT2D eigenvalue weighted by molar-refractivity contribution is 1.11. The Morgan fingerprint density at radius 1 is 0.315 bits per heavy atom. The molecular weight excluding hydrogens is 655 g/mol. The first-order chi connectivity index (χ1) is 26.8. The standard InChI is InChI=1S/C51H35N3/c1-4-14-41(15-5-1)53(42-16-6-2-7-17-42)44-34-32-39(33-35-44)37-26-24-36(25-27-37)38-28-30-40(31-29-38)51-52-49-47-22-12-10-20-45(47)46-21-11-13-23-48(46)50(49)54(51)43-18-8-3-9-19-43/h1-35H. The molecule has 0 saturated carbocycles. The summed E-state index contributed by atoms with van der Waals surface area (Å²) in [5, 5.41) is 4.82. The van der Waals surface area contributed by atoms with Crippen LogP contribution < -0.4 is 4.90 Å². The zero-order chi connectivity index (χ0) is 35.8. The van der Waals surface area contributed by atoms with Crippen molar-refractivity contribution in [2.45, 2.75) is 0 Å². The van der Waals surface area contributed by atoms with Gasteiger partial charge in [0.1, 0.15) is 5.82 Å². The lowest BCUT2D eigenvalue weighted by Crippen LogP contribution is -2.09. The third kappa shape index (κ3) is 5.51. The number of para-hydroxylation sites is 3. The Labute approximate surface area is 314 Å². The van der Waals surface area contributed by atoms with Gasteiger partial charge in [0.25, 0.3) is 0 Å². The van der Waals surface area contributed by atoms with Gasteiger partial charge < -0.3 is 4.90 Å². The summed E-state index contributed by atoms with van der Waals surface area (Å²) in [6, 6.07) is 75.5. The molecule has 1 heterocycles. The first-order valence-electron chi connectivity index (χ1n) is 18.4. The van der Waals surface area contributed by atoms with E-state index < -0.39 is 0 Å². The molecule has 10 rings (SSSR count). The molecule has 3 heteroatoms. The minimum absolute atomic E-state index is 0.932. The van der Waals surface area contributed by atoms with Gasteiger partial charge in [-0.2, -0.15) is 0 Å². The molecule has 0 fully saturated rings. The molecule has 0 aliphatic heterocycles. The lowest BCUT2D eigenvalue weighted by Gasteiger charge is -2.25. The molecule has 0 aliphatic rings. The number of nitrogens with zero attached hydrogens (tertiary/aromatic N) is 3. The third-order valence-electron chi connectivity index (χ3n) is 10.4. The summed E-state index contributed by atoms with van der Waals surface area (Å²) in [6.45, 7) is 0. The monoisotopic (exact) mass is 689 g/mol. The highest BCUT2D eigenvalue weighted by Gasteiger charge is 2.20. The van der Waals surface area contributed by atoms with E-state index in [1.807, 2.05) is 0 Å². The van der Waals surface area contributed by atoms with E-state index in [1.165, 1.54) is 38.4 Å². The number of benzene rings is 9. The quantitative estimate of drug-likeness (QED) is 0.155. The van der Waals surface area contributed by atoms with Crippen LogP contribution in [-0.4, -0.2) is 9.55 Å². The summed E-state index contributed by atoms with van der Waals surface area (Å²) in [5.74, 6) is 0.932. The smallest absolute Gasteiger partial charge is 0.145 e. The third-order valence-corrected chi connectivity index (χ3v) is 10.4. The number of aromatic nitrogens is 2. The van der Waals surface area contributed by atoms with Crippen LogP contribution in [-0.2, 0) is 0 Å². The Morgan fingerprint density at radius 2 is 0.685 bits per heavy atom. The second-order valence-corrected chi connectivity index (χ2v) is 13.6.